The van der Waals surface area contributed by atoms with Crippen molar-refractivity contribution in [2.24, 2.45) is 0 Å². The second-order valence-electron chi connectivity index (χ2n) is 5.82. The molecule has 138 valence electrons. The summed E-state index contributed by atoms with van der Waals surface area (Å²) in [5, 5.41) is 5.42. The van der Waals surface area contributed by atoms with Crippen LogP contribution in [0.1, 0.15) is 18.1 Å². The maximum Gasteiger partial charge on any atom is 0.262 e. The molecule has 0 saturated carbocycles. The molecule has 6 heteroatoms. The molecule has 0 atom stereocenters. The van der Waals surface area contributed by atoms with Crippen LogP contribution in [0.25, 0.3) is 0 Å². The van der Waals surface area contributed by atoms with E-state index < -0.39 is 0 Å². The number of carbonyl (C=O) groups is 2. The number of ether oxygens (including phenoxy) is 2. The molecule has 0 heterocycles. The molecule has 0 unspecified atom stereocenters. The average Bonchev–Trinajstić information content (AvgIpc) is 2.61. The molecule has 0 aliphatic heterocycles. The minimum Gasteiger partial charge on any atom is -0.484 e. The number of nitrogens with one attached hydrogen (secondary N) is 2. The lowest BCUT2D eigenvalue weighted by molar-refractivity contribution is -0.123. The van der Waals surface area contributed by atoms with Crippen molar-refractivity contribution in [1.82, 2.24) is 5.32 Å². The summed E-state index contributed by atoms with van der Waals surface area (Å²) >= 11 is 0. The molecule has 0 aliphatic carbocycles. The zero-order chi connectivity index (χ0) is 18.9. The van der Waals surface area contributed by atoms with E-state index in [-0.39, 0.29) is 25.0 Å². The number of likely N-dealkylation sites (N-methyl/N-ethyl adjacent to an activating group) is 1. The zero-order valence-electron chi connectivity index (χ0n) is 15.3. The summed E-state index contributed by atoms with van der Waals surface area (Å²) in [5.74, 6) is 0.870. The highest BCUT2D eigenvalue weighted by Gasteiger charge is 2.08. The van der Waals surface area contributed by atoms with Crippen LogP contribution in [0.5, 0.6) is 11.5 Å². The molecule has 2 N–H and O–H groups in total. The first-order chi connectivity index (χ1) is 12.5. The first-order valence-electron chi connectivity index (χ1n) is 8.48. The number of para-hydroxylation sites is 1. The van der Waals surface area contributed by atoms with E-state index in [1.54, 1.807) is 24.3 Å². The fourth-order valence-corrected chi connectivity index (χ4v) is 2.39. The molecule has 2 aromatic rings. The molecule has 26 heavy (non-hydrogen) atoms. The number of carbonyl (C=O) groups excluding carboxylic acids is 2. The maximum atomic E-state index is 12.1. The molecular weight excluding hydrogens is 332 g/mol. The Morgan fingerprint density at radius 3 is 2.12 bits per heavy atom. The standard InChI is InChI=1S/C20H24N2O4/c1-4-21-18(23)12-25-17-10-8-16(9-11-17)22-19(24)13-26-20-14(2)6-5-7-15(20)3/h5-11H,4,12-13H2,1-3H3,(H,21,23)(H,22,24). The Labute approximate surface area is 153 Å². The molecule has 0 fully saturated rings. The van der Waals surface area contributed by atoms with Crippen molar-refractivity contribution in [2.75, 3.05) is 25.1 Å². The molecule has 0 saturated heterocycles. The van der Waals surface area contributed by atoms with E-state index in [1.165, 1.54) is 0 Å². The number of rotatable bonds is 8. The van der Waals surface area contributed by atoms with Crippen molar-refractivity contribution >= 4 is 17.5 Å². The van der Waals surface area contributed by atoms with Crippen LogP contribution >= 0.6 is 0 Å². The first kappa shape index (κ1) is 19.3. The fourth-order valence-electron chi connectivity index (χ4n) is 2.39. The molecule has 0 spiro atoms. The maximum absolute atomic E-state index is 12.1. The van der Waals surface area contributed by atoms with E-state index in [9.17, 15) is 9.59 Å². The van der Waals surface area contributed by atoms with E-state index in [0.29, 0.717) is 18.0 Å². The van der Waals surface area contributed by atoms with Gasteiger partial charge in [-0.15, -0.1) is 0 Å². The van der Waals surface area contributed by atoms with Crippen molar-refractivity contribution in [1.29, 1.82) is 0 Å². The highest BCUT2D eigenvalue weighted by molar-refractivity contribution is 5.92. The Morgan fingerprint density at radius 1 is 0.885 bits per heavy atom. The van der Waals surface area contributed by atoms with Gasteiger partial charge >= 0.3 is 0 Å². The molecule has 2 aromatic carbocycles. The highest BCUT2D eigenvalue weighted by Crippen LogP contribution is 2.22. The monoisotopic (exact) mass is 356 g/mol. The summed E-state index contributed by atoms with van der Waals surface area (Å²) < 4.78 is 11.0. The molecule has 0 radical (unpaired) electrons. The summed E-state index contributed by atoms with van der Waals surface area (Å²) in [4.78, 5) is 23.4. The van der Waals surface area contributed by atoms with Gasteiger partial charge in [-0.2, -0.15) is 0 Å². The smallest absolute Gasteiger partial charge is 0.262 e. The van der Waals surface area contributed by atoms with Crippen molar-refractivity contribution in [3.05, 3.63) is 53.6 Å². The third kappa shape index (κ3) is 5.81. The van der Waals surface area contributed by atoms with Crippen LogP contribution in [0.2, 0.25) is 0 Å². The number of hydrogen-bond donors (Lipinski definition) is 2. The van der Waals surface area contributed by atoms with E-state index in [4.69, 9.17) is 9.47 Å². The topological polar surface area (TPSA) is 76.7 Å². The summed E-state index contributed by atoms with van der Waals surface area (Å²) in [6, 6.07) is 12.7. The first-order valence-corrected chi connectivity index (χ1v) is 8.48. The number of amides is 2. The van der Waals surface area contributed by atoms with Crippen LogP contribution in [0.15, 0.2) is 42.5 Å². The number of anilines is 1. The Kier molecular flexibility index (Phi) is 7.02. The van der Waals surface area contributed by atoms with Crippen molar-refractivity contribution < 1.29 is 19.1 Å². The van der Waals surface area contributed by atoms with Crippen LogP contribution in [-0.4, -0.2) is 31.6 Å². The van der Waals surface area contributed by atoms with Gasteiger partial charge in [0.15, 0.2) is 13.2 Å². The Morgan fingerprint density at radius 2 is 1.50 bits per heavy atom. The highest BCUT2D eigenvalue weighted by atomic mass is 16.5. The van der Waals surface area contributed by atoms with Gasteiger partial charge in [-0.1, -0.05) is 18.2 Å². The zero-order valence-corrected chi connectivity index (χ0v) is 15.3. The summed E-state index contributed by atoms with van der Waals surface area (Å²) in [5.41, 5.74) is 2.61. The van der Waals surface area contributed by atoms with Gasteiger partial charge < -0.3 is 20.1 Å². The van der Waals surface area contributed by atoms with Crippen LogP contribution in [0, 0.1) is 13.8 Å². The van der Waals surface area contributed by atoms with Crippen LogP contribution < -0.4 is 20.1 Å². The molecule has 2 rings (SSSR count). The lowest BCUT2D eigenvalue weighted by Gasteiger charge is -2.12. The summed E-state index contributed by atoms with van der Waals surface area (Å²) in [6.07, 6.45) is 0. The number of benzene rings is 2. The third-order valence-corrected chi connectivity index (χ3v) is 3.64. The number of aryl methyl sites for hydroxylation is 2. The molecular formula is C20H24N2O4. The number of hydrogen-bond acceptors (Lipinski definition) is 4. The summed E-state index contributed by atoms with van der Waals surface area (Å²) in [6.45, 7) is 6.19. The lowest BCUT2D eigenvalue weighted by Crippen LogP contribution is -2.28. The van der Waals surface area contributed by atoms with Gasteiger partial charge in [0.2, 0.25) is 0 Å². The van der Waals surface area contributed by atoms with Crippen LogP contribution in [0.4, 0.5) is 5.69 Å². The largest absolute Gasteiger partial charge is 0.484 e. The van der Waals surface area contributed by atoms with Crippen molar-refractivity contribution in [3.8, 4) is 11.5 Å². The van der Waals surface area contributed by atoms with Gasteiger partial charge in [0.1, 0.15) is 11.5 Å². The fraction of sp³-hybridized carbons (Fsp3) is 0.300. The second kappa shape index (κ2) is 9.46. The quantitative estimate of drug-likeness (QED) is 0.762. The minimum atomic E-state index is -0.247. The van der Waals surface area contributed by atoms with Gasteiger partial charge in [-0.3, -0.25) is 9.59 Å². The third-order valence-electron chi connectivity index (χ3n) is 3.64. The minimum absolute atomic E-state index is 0.0385. The Hall–Kier alpha value is -3.02. The van der Waals surface area contributed by atoms with Gasteiger partial charge in [0.05, 0.1) is 0 Å². The van der Waals surface area contributed by atoms with Gasteiger partial charge in [0, 0.05) is 12.2 Å². The van der Waals surface area contributed by atoms with E-state index in [2.05, 4.69) is 10.6 Å². The second-order valence-corrected chi connectivity index (χ2v) is 5.82. The predicted molar refractivity (Wildman–Crippen MR) is 101 cm³/mol. The molecule has 2 amide bonds. The van der Waals surface area contributed by atoms with Crippen molar-refractivity contribution in [2.45, 2.75) is 20.8 Å². The van der Waals surface area contributed by atoms with Gasteiger partial charge in [0.25, 0.3) is 11.8 Å². The van der Waals surface area contributed by atoms with E-state index in [0.717, 1.165) is 16.9 Å². The average molecular weight is 356 g/mol. The van der Waals surface area contributed by atoms with Gasteiger partial charge in [-0.25, -0.2) is 0 Å². The SMILES string of the molecule is CCNC(=O)COc1ccc(NC(=O)COc2c(C)cccc2C)cc1. The normalized spacial score (nSPS) is 10.1. The van der Waals surface area contributed by atoms with Crippen LogP contribution in [-0.2, 0) is 9.59 Å². The van der Waals surface area contributed by atoms with Crippen LogP contribution in [0.3, 0.4) is 0 Å². The van der Waals surface area contributed by atoms with E-state index >= 15 is 0 Å². The van der Waals surface area contributed by atoms with Crippen molar-refractivity contribution in [3.63, 3.8) is 0 Å². The molecule has 0 aromatic heterocycles. The summed E-state index contributed by atoms with van der Waals surface area (Å²) in [7, 11) is 0. The Bertz CT molecular complexity index is 737. The van der Waals surface area contributed by atoms with E-state index in [1.807, 2.05) is 39.0 Å². The van der Waals surface area contributed by atoms with Gasteiger partial charge in [-0.05, 0) is 56.2 Å². The Balaban J connectivity index is 1.82. The predicted octanol–water partition coefficient (Wildman–Crippen LogP) is 2.84. The molecule has 0 aliphatic rings. The molecule has 6 nitrogen and oxygen atoms in total. The lowest BCUT2D eigenvalue weighted by atomic mass is 10.1. The molecule has 0 bridgehead atoms.